The Kier molecular flexibility index (Phi) is 4.14. The number of fused-ring (bicyclic) bond motifs is 3. The van der Waals surface area contributed by atoms with Gasteiger partial charge in [0, 0.05) is 42.9 Å². The first-order valence-corrected chi connectivity index (χ1v) is 10.4. The van der Waals surface area contributed by atoms with Crippen LogP contribution in [0.5, 0.6) is 0 Å². The summed E-state index contributed by atoms with van der Waals surface area (Å²) in [6.45, 7) is 2.44. The number of aromatic nitrogens is 2. The number of para-hydroxylation sites is 1. The Morgan fingerprint density at radius 1 is 1.27 bits per heavy atom. The average molecular weight is 372 g/mol. The SMILES string of the molecule is CCC(=O)N1C[C@@H]2c3nc(Nc4ccccc4)ncc3CS(=O)(=O)[C@@H]2C1. The Bertz CT molecular complexity index is 946. The quantitative estimate of drug-likeness (QED) is 0.884. The number of rotatable bonds is 3. The van der Waals surface area contributed by atoms with Gasteiger partial charge in [0.15, 0.2) is 9.84 Å². The monoisotopic (exact) mass is 372 g/mol. The number of carbonyl (C=O) groups is 1. The van der Waals surface area contributed by atoms with Crippen LogP contribution in [0.15, 0.2) is 36.5 Å². The highest BCUT2D eigenvalue weighted by Crippen LogP contribution is 2.39. The lowest BCUT2D eigenvalue weighted by atomic mass is 10.00. The molecule has 2 aliphatic rings. The van der Waals surface area contributed by atoms with Crippen LogP contribution in [0, 0.1) is 0 Å². The van der Waals surface area contributed by atoms with Crippen molar-refractivity contribution in [1.29, 1.82) is 0 Å². The highest BCUT2D eigenvalue weighted by atomic mass is 32.2. The molecule has 1 aromatic heterocycles. The zero-order chi connectivity index (χ0) is 18.3. The van der Waals surface area contributed by atoms with Gasteiger partial charge in [0.25, 0.3) is 0 Å². The van der Waals surface area contributed by atoms with E-state index in [1.165, 1.54) is 0 Å². The molecule has 136 valence electrons. The van der Waals surface area contributed by atoms with E-state index in [0.717, 1.165) is 11.4 Å². The smallest absolute Gasteiger partial charge is 0.227 e. The van der Waals surface area contributed by atoms with Gasteiger partial charge in [-0.3, -0.25) is 4.79 Å². The molecule has 1 aromatic carbocycles. The Hall–Kier alpha value is -2.48. The molecule has 4 rings (SSSR count). The number of nitrogens with one attached hydrogen (secondary N) is 1. The topological polar surface area (TPSA) is 92.3 Å². The van der Waals surface area contributed by atoms with Gasteiger partial charge in [-0.15, -0.1) is 0 Å². The second kappa shape index (κ2) is 6.35. The Balaban J connectivity index is 1.69. The number of amides is 1. The molecular weight excluding hydrogens is 352 g/mol. The minimum Gasteiger partial charge on any atom is -0.341 e. The zero-order valence-electron chi connectivity index (χ0n) is 14.4. The average Bonchev–Trinajstić information content (AvgIpc) is 3.09. The van der Waals surface area contributed by atoms with E-state index in [1.807, 2.05) is 30.3 Å². The summed E-state index contributed by atoms with van der Waals surface area (Å²) in [5.74, 6) is 0.0585. The van der Waals surface area contributed by atoms with Crippen LogP contribution in [0.1, 0.15) is 30.5 Å². The van der Waals surface area contributed by atoms with Gasteiger partial charge in [-0.05, 0) is 12.1 Å². The van der Waals surface area contributed by atoms with Gasteiger partial charge in [-0.25, -0.2) is 18.4 Å². The van der Waals surface area contributed by atoms with Crippen molar-refractivity contribution in [2.45, 2.75) is 30.3 Å². The molecule has 1 saturated heterocycles. The first-order chi connectivity index (χ1) is 12.5. The molecule has 0 radical (unpaired) electrons. The lowest BCUT2D eigenvalue weighted by Gasteiger charge is -2.26. The fraction of sp³-hybridized carbons (Fsp3) is 0.389. The Morgan fingerprint density at radius 2 is 2.04 bits per heavy atom. The van der Waals surface area contributed by atoms with E-state index in [0.29, 0.717) is 24.5 Å². The molecule has 0 unspecified atom stereocenters. The number of carbonyl (C=O) groups excluding carboxylic acids is 1. The van der Waals surface area contributed by atoms with Crippen LogP contribution in [-0.4, -0.2) is 47.5 Å². The van der Waals surface area contributed by atoms with Crippen LogP contribution < -0.4 is 5.32 Å². The minimum absolute atomic E-state index is 0.0205. The van der Waals surface area contributed by atoms with Crippen LogP contribution in [0.2, 0.25) is 0 Å². The largest absolute Gasteiger partial charge is 0.341 e. The molecule has 0 spiro atoms. The van der Waals surface area contributed by atoms with Gasteiger partial charge in [0.05, 0.1) is 16.7 Å². The molecule has 0 bridgehead atoms. The molecule has 0 aliphatic carbocycles. The summed E-state index contributed by atoms with van der Waals surface area (Å²) < 4.78 is 25.3. The molecule has 1 N–H and O–H groups in total. The van der Waals surface area contributed by atoms with E-state index in [1.54, 1.807) is 18.0 Å². The predicted molar refractivity (Wildman–Crippen MR) is 97.8 cm³/mol. The number of anilines is 2. The molecule has 3 heterocycles. The first kappa shape index (κ1) is 17.0. The summed E-state index contributed by atoms with van der Waals surface area (Å²) in [5.41, 5.74) is 2.24. The van der Waals surface area contributed by atoms with Crippen molar-refractivity contribution in [2.24, 2.45) is 0 Å². The number of nitrogens with zero attached hydrogens (tertiary/aromatic N) is 3. The highest BCUT2D eigenvalue weighted by molar-refractivity contribution is 7.91. The Morgan fingerprint density at radius 3 is 2.77 bits per heavy atom. The molecule has 2 aromatic rings. The Labute approximate surface area is 152 Å². The van der Waals surface area contributed by atoms with Gasteiger partial charge in [0.2, 0.25) is 11.9 Å². The number of benzene rings is 1. The summed E-state index contributed by atoms with van der Waals surface area (Å²) in [7, 11) is -3.31. The van der Waals surface area contributed by atoms with Crippen molar-refractivity contribution in [3.05, 3.63) is 47.8 Å². The molecule has 0 saturated carbocycles. The molecule has 8 heteroatoms. The maximum Gasteiger partial charge on any atom is 0.227 e. The van der Waals surface area contributed by atoms with E-state index in [2.05, 4.69) is 15.3 Å². The van der Waals surface area contributed by atoms with E-state index >= 15 is 0 Å². The number of sulfone groups is 1. The molecule has 7 nitrogen and oxygen atoms in total. The summed E-state index contributed by atoms with van der Waals surface area (Å²) in [6, 6.07) is 9.57. The predicted octanol–water partition coefficient (Wildman–Crippen LogP) is 1.85. The van der Waals surface area contributed by atoms with E-state index in [-0.39, 0.29) is 24.1 Å². The molecule has 2 aliphatic heterocycles. The lowest BCUT2D eigenvalue weighted by molar-refractivity contribution is -0.129. The van der Waals surface area contributed by atoms with Crippen LogP contribution in [0.3, 0.4) is 0 Å². The maximum absolute atomic E-state index is 12.6. The molecule has 26 heavy (non-hydrogen) atoms. The minimum atomic E-state index is -3.31. The van der Waals surface area contributed by atoms with Crippen molar-refractivity contribution >= 4 is 27.4 Å². The van der Waals surface area contributed by atoms with E-state index < -0.39 is 15.1 Å². The van der Waals surface area contributed by atoms with Crippen LogP contribution >= 0.6 is 0 Å². The summed E-state index contributed by atoms with van der Waals surface area (Å²) in [5, 5.41) is 2.57. The molecule has 1 fully saturated rings. The van der Waals surface area contributed by atoms with Crippen LogP contribution in [0.4, 0.5) is 11.6 Å². The normalized spacial score (nSPS) is 23.2. The van der Waals surface area contributed by atoms with Gasteiger partial charge in [-0.1, -0.05) is 25.1 Å². The molecular formula is C18H20N4O3S. The van der Waals surface area contributed by atoms with Gasteiger partial charge in [0.1, 0.15) is 0 Å². The summed E-state index contributed by atoms with van der Waals surface area (Å²) in [4.78, 5) is 22.6. The first-order valence-electron chi connectivity index (χ1n) is 8.65. The summed E-state index contributed by atoms with van der Waals surface area (Å²) in [6.07, 6.45) is 1.96. The number of hydrogen-bond acceptors (Lipinski definition) is 6. The third-order valence-corrected chi connectivity index (χ3v) is 7.13. The highest BCUT2D eigenvalue weighted by Gasteiger charge is 2.48. The fourth-order valence-electron chi connectivity index (χ4n) is 3.71. The number of likely N-dealkylation sites (tertiary alicyclic amines) is 1. The van der Waals surface area contributed by atoms with Crippen LogP contribution in [0.25, 0.3) is 0 Å². The van der Waals surface area contributed by atoms with Gasteiger partial charge >= 0.3 is 0 Å². The van der Waals surface area contributed by atoms with Gasteiger partial charge in [-0.2, -0.15) is 0 Å². The molecule has 1 amide bonds. The number of hydrogen-bond donors (Lipinski definition) is 1. The maximum atomic E-state index is 12.6. The lowest BCUT2D eigenvalue weighted by Crippen LogP contribution is -2.35. The van der Waals surface area contributed by atoms with Gasteiger partial charge < -0.3 is 10.2 Å². The second-order valence-corrected chi connectivity index (χ2v) is 8.92. The van der Waals surface area contributed by atoms with Crippen molar-refractivity contribution in [3.8, 4) is 0 Å². The molecule has 2 atom stereocenters. The van der Waals surface area contributed by atoms with Crippen molar-refractivity contribution in [3.63, 3.8) is 0 Å². The standard InChI is InChI=1S/C18H20N4O3S/c1-2-16(23)22-9-14-15(10-22)26(24,25)11-12-8-19-18(21-17(12)14)20-13-6-4-3-5-7-13/h3-8,14-15H,2,9-11H2,1H3,(H,19,20,21)/t14-,15+/m0/s1. The fourth-order valence-corrected chi connectivity index (χ4v) is 5.71. The third-order valence-electron chi connectivity index (χ3n) is 5.02. The van der Waals surface area contributed by atoms with Crippen molar-refractivity contribution in [1.82, 2.24) is 14.9 Å². The van der Waals surface area contributed by atoms with Crippen molar-refractivity contribution < 1.29 is 13.2 Å². The van der Waals surface area contributed by atoms with E-state index in [9.17, 15) is 13.2 Å². The summed E-state index contributed by atoms with van der Waals surface area (Å²) >= 11 is 0. The van der Waals surface area contributed by atoms with Crippen LogP contribution in [-0.2, 0) is 20.4 Å². The third kappa shape index (κ3) is 2.94. The zero-order valence-corrected chi connectivity index (χ0v) is 15.2. The van der Waals surface area contributed by atoms with Crippen molar-refractivity contribution in [2.75, 3.05) is 18.4 Å². The van der Waals surface area contributed by atoms with E-state index in [4.69, 9.17) is 0 Å². The second-order valence-electron chi connectivity index (χ2n) is 6.70.